The molecular formula is C14H12BrN3OS. The Bertz CT molecular complexity index is 772. The minimum atomic E-state index is 0.558. The van der Waals surface area contributed by atoms with Gasteiger partial charge in [0.2, 0.25) is 11.8 Å². The zero-order valence-electron chi connectivity index (χ0n) is 11.0. The van der Waals surface area contributed by atoms with Crippen LogP contribution in [0.15, 0.2) is 34.1 Å². The number of nitrogens with one attached hydrogen (secondary N) is 1. The van der Waals surface area contributed by atoms with Crippen LogP contribution in [-0.4, -0.2) is 17.0 Å². The maximum absolute atomic E-state index is 5.99. The smallest absolute Gasteiger partial charge is 0.232 e. The lowest BCUT2D eigenvalue weighted by molar-refractivity contribution is 0.465. The van der Waals surface area contributed by atoms with Crippen molar-refractivity contribution in [1.29, 1.82) is 0 Å². The highest BCUT2D eigenvalue weighted by Gasteiger charge is 2.11. The van der Waals surface area contributed by atoms with E-state index >= 15 is 0 Å². The van der Waals surface area contributed by atoms with E-state index in [1.165, 1.54) is 0 Å². The number of ether oxygens (including phenoxy) is 1. The van der Waals surface area contributed by atoms with Gasteiger partial charge in [0.05, 0.1) is 5.39 Å². The van der Waals surface area contributed by atoms with Gasteiger partial charge in [-0.3, -0.25) is 0 Å². The number of halogens is 1. The standard InChI is InChI=1S/C14H12BrN3OS/c1-8-3-4-9(15)7-11(8)19-12-10-5-6-20-13(10)18-14(16-2)17-12/h3-7H,1-2H3,(H,16,17,18). The second-order valence-corrected chi connectivity index (χ2v) is 6.06. The van der Waals surface area contributed by atoms with E-state index in [-0.39, 0.29) is 0 Å². The first-order valence-corrected chi connectivity index (χ1v) is 7.71. The molecule has 0 unspecified atom stereocenters. The summed E-state index contributed by atoms with van der Waals surface area (Å²) in [6.07, 6.45) is 0. The molecule has 3 aromatic rings. The zero-order chi connectivity index (χ0) is 14.1. The van der Waals surface area contributed by atoms with Gasteiger partial charge < -0.3 is 10.1 Å². The maximum atomic E-state index is 5.99. The van der Waals surface area contributed by atoms with Gasteiger partial charge in [-0.15, -0.1) is 11.3 Å². The first kappa shape index (κ1) is 13.3. The highest BCUT2D eigenvalue weighted by molar-refractivity contribution is 9.10. The van der Waals surface area contributed by atoms with Crippen molar-refractivity contribution in [2.45, 2.75) is 6.92 Å². The number of benzene rings is 1. The van der Waals surface area contributed by atoms with Gasteiger partial charge >= 0.3 is 0 Å². The average Bonchev–Trinajstić information content (AvgIpc) is 2.91. The maximum Gasteiger partial charge on any atom is 0.232 e. The minimum Gasteiger partial charge on any atom is -0.438 e. The van der Waals surface area contributed by atoms with Crippen LogP contribution in [0.4, 0.5) is 5.95 Å². The van der Waals surface area contributed by atoms with Crippen LogP contribution in [-0.2, 0) is 0 Å². The first-order chi connectivity index (χ1) is 9.67. The summed E-state index contributed by atoms with van der Waals surface area (Å²) >= 11 is 5.03. The summed E-state index contributed by atoms with van der Waals surface area (Å²) < 4.78 is 6.96. The Morgan fingerprint density at radius 3 is 2.90 bits per heavy atom. The Morgan fingerprint density at radius 1 is 1.25 bits per heavy atom. The number of rotatable bonds is 3. The van der Waals surface area contributed by atoms with E-state index in [4.69, 9.17) is 4.74 Å². The fourth-order valence-corrected chi connectivity index (χ4v) is 2.90. The first-order valence-electron chi connectivity index (χ1n) is 6.04. The van der Waals surface area contributed by atoms with Crippen LogP contribution in [0.2, 0.25) is 0 Å². The molecule has 0 atom stereocenters. The van der Waals surface area contributed by atoms with E-state index in [9.17, 15) is 0 Å². The predicted octanol–water partition coefficient (Wildman–Crippen LogP) is 4.60. The molecule has 0 radical (unpaired) electrons. The Morgan fingerprint density at radius 2 is 2.10 bits per heavy atom. The number of hydrogen-bond acceptors (Lipinski definition) is 5. The van der Waals surface area contributed by atoms with E-state index < -0.39 is 0 Å². The van der Waals surface area contributed by atoms with E-state index in [0.717, 1.165) is 26.0 Å². The molecule has 0 amide bonds. The van der Waals surface area contributed by atoms with E-state index in [0.29, 0.717) is 11.8 Å². The van der Waals surface area contributed by atoms with Gasteiger partial charge in [-0.25, -0.2) is 4.98 Å². The molecule has 2 heterocycles. The Balaban J connectivity index is 2.09. The minimum absolute atomic E-state index is 0.558. The molecule has 0 aliphatic rings. The van der Waals surface area contributed by atoms with Crippen molar-refractivity contribution in [3.05, 3.63) is 39.7 Å². The number of aryl methyl sites for hydroxylation is 1. The molecule has 0 aliphatic heterocycles. The lowest BCUT2D eigenvalue weighted by Gasteiger charge is -2.10. The van der Waals surface area contributed by atoms with E-state index in [2.05, 4.69) is 31.2 Å². The SMILES string of the molecule is CNc1nc(Oc2cc(Br)ccc2C)c2ccsc2n1. The zero-order valence-corrected chi connectivity index (χ0v) is 13.4. The second-order valence-electron chi connectivity index (χ2n) is 4.25. The highest BCUT2D eigenvalue weighted by atomic mass is 79.9. The third-order valence-electron chi connectivity index (χ3n) is 2.87. The Labute approximate surface area is 129 Å². The van der Waals surface area contributed by atoms with Crippen molar-refractivity contribution >= 4 is 43.4 Å². The van der Waals surface area contributed by atoms with Gasteiger partial charge in [-0.1, -0.05) is 22.0 Å². The van der Waals surface area contributed by atoms with Crippen LogP contribution in [0.25, 0.3) is 10.2 Å². The topological polar surface area (TPSA) is 47.0 Å². The number of nitrogens with zero attached hydrogens (tertiary/aromatic N) is 2. The van der Waals surface area contributed by atoms with Crippen molar-refractivity contribution in [3.8, 4) is 11.6 Å². The molecular weight excluding hydrogens is 338 g/mol. The van der Waals surface area contributed by atoms with Crippen LogP contribution in [0, 0.1) is 6.92 Å². The quantitative estimate of drug-likeness (QED) is 0.750. The Kier molecular flexibility index (Phi) is 3.58. The van der Waals surface area contributed by atoms with Gasteiger partial charge in [-0.05, 0) is 36.1 Å². The molecule has 0 bridgehead atoms. The lowest BCUT2D eigenvalue weighted by atomic mass is 10.2. The average molecular weight is 350 g/mol. The van der Waals surface area contributed by atoms with Crippen molar-refractivity contribution in [2.75, 3.05) is 12.4 Å². The van der Waals surface area contributed by atoms with Crippen LogP contribution < -0.4 is 10.1 Å². The molecule has 1 aromatic carbocycles. The summed E-state index contributed by atoms with van der Waals surface area (Å²) in [4.78, 5) is 9.72. The fraction of sp³-hybridized carbons (Fsp3) is 0.143. The molecule has 1 N–H and O–H groups in total. The number of anilines is 1. The van der Waals surface area contributed by atoms with Crippen LogP contribution in [0.1, 0.15) is 5.56 Å². The largest absolute Gasteiger partial charge is 0.438 e. The molecule has 0 saturated carbocycles. The number of thiophene rings is 1. The van der Waals surface area contributed by atoms with Crippen molar-refractivity contribution in [1.82, 2.24) is 9.97 Å². The van der Waals surface area contributed by atoms with E-state index in [1.807, 2.05) is 36.6 Å². The summed E-state index contributed by atoms with van der Waals surface area (Å²) in [5.41, 5.74) is 1.06. The molecule has 0 spiro atoms. The molecule has 3 rings (SSSR count). The van der Waals surface area contributed by atoms with Crippen LogP contribution in [0.3, 0.4) is 0 Å². The molecule has 102 valence electrons. The van der Waals surface area contributed by atoms with Crippen molar-refractivity contribution in [2.24, 2.45) is 0 Å². The van der Waals surface area contributed by atoms with E-state index in [1.54, 1.807) is 18.4 Å². The van der Waals surface area contributed by atoms with Crippen molar-refractivity contribution in [3.63, 3.8) is 0 Å². The highest BCUT2D eigenvalue weighted by Crippen LogP contribution is 2.33. The summed E-state index contributed by atoms with van der Waals surface area (Å²) in [5.74, 6) is 1.91. The number of hydrogen-bond donors (Lipinski definition) is 1. The summed E-state index contributed by atoms with van der Waals surface area (Å²) in [6, 6.07) is 7.91. The van der Waals surface area contributed by atoms with Gasteiger partial charge in [-0.2, -0.15) is 4.98 Å². The van der Waals surface area contributed by atoms with Crippen molar-refractivity contribution < 1.29 is 4.74 Å². The van der Waals surface area contributed by atoms with Gasteiger partial charge in [0.25, 0.3) is 0 Å². The summed E-state index contributed by atoms with van der Waals surface area (Å²) in [7, 11) is 1.79. The summed E-state index contributed by atoms with van der Waals surface area (Å²) in [6.45, 7) is 2.01. The molecule has 4 nitrogen and oxygen atoms in total. The van der Waals surface area contributed by atoms with Gasteiger partial charge in [0.15, 0.2) is 0 Å². The molecule has 20 heavy (non-hydrogen) atoms. The Hall–Kier alpha value is -1.66. The summed E-state index contributed by atoms with van der Waals surface area (Å²) in [5, 5.41) is 5.87. The second kappa shape index (κ2) is 5.38. The fourth-order valence-electron chi connectivity index (χ4n) is 1.81. The normalized spacial score (nSPS) is 10.8. The van der Waals surface area contributed by atoms with Gasteiger partial charge in [0, 0.05) is 11.5 Å². The van der Waals surface area contributed by atoms with Crippen LogP contribution >= 0.6 is 27.3 Å². The third kappa shape index (κ3) is 2.48. The molecule has 0 saturated heterocycles. The van der Waals surface area contributed by atoms with Gasteiger partial charge in [0.1, 0.15) is 10.6 Å². The molecule has 6 heteroatoms. The molecule has 0 aliphatic carbocycles. The lowest BCUT2D eigenvalue weighted by Crippen LogP contribution is -1.98. The molecule has 2 aromatic heterocycles. The number of fused-ring (bicyclic) bond motifs is 1. The monoisotopic (exact) mass is 349 g/mol. The van der Waals surface area contributed by atoms with Crippen LogP contribution in [0.5, 0.6) is 11.6 Å². The third-order valence-corrected chi connectivity index (χ3v) is 4.17. The number of aromatic nitrogens is 2. The predicted molar refractivity (Wildman–Crippen MR) is 85.9 cm³/mol. The molecule has 0 fully saturated rings.